The van der Waals surface area contributed by atoms with E-state index >= 15 is 0 Å². The van der Waals surface area contributed by atoms with E-state index < -0.39 is 97.5 Å². The molecule has 19 heteroatoms. The lowest BCUT2D eigenvalue weighted by atomic mass is 10.00. The SMILES string of the molecule is CCCCCC/C=C\C=C/CCCCCCCC(=O)OC[C@H](COP(=O)(O)OC[C@@H](O)COP(=O)(O)OC[C@@H](COC(=O)CCCCCCCCC(C)CC)OC(=O)CCCCCCCCC(C)C)OC(=O)CCCCCCCCCCCCCCCCCCC(C)C. The molecule has 0 aromatic carbocycles. The molecule has 0 heterocycles. The second-order valence-electron chi connectivity index (χ2n) is 27.2. The highest BCUT2D eigenvalue weighted by atomic mass is 31.2. The molecule has 0 rings (SSSR count). The number of allylic oxidation sites excluding steroid dienone is 4. The highest BCUT2D eigenvalue weighted by Crippen LogP contribution is 2.45. The first-order chi connectivity index (χ1) is 44.8. The third-order valence-electron chi connectivity index (χ3n) is 16.9. The van der Waals surface area contributed by atoms with Gasteiger partial charge >= 0.3 is 39.5 Å². The van der Waals surface area contributed by atoms with Crippen molar-refractivity contribution in [1.82, 2.24) is 0 Å². The third kappa shape index (κ3) is 66.6. The van der Waals surface area contributed by atoms with Crippen LogP contribution in [0.4, 0.5) is 0 Å². The van der Waals surface area contributed by atoms with Crippen LogP contribution in [0.25, 0.3) is 0 Å². The molecule has 0 bridgehead atoms. The maximum absolute atomic E-state index is 13.1. The molecule has 17 nitrogen and oxygen atoms in total. The first-order valence-electron chi connectivity index (χ1n) is 37.7. The molecule has 548 valence electrons. The lowest BCUT2D eigenvalue weighted by Crippen LogP contribution is -2.30. The van der Waals surface area contributed by atoms with Gasteiger partial charge in [-0.1, -0.05) is 297 Å². The zero-order chi connectivity index (χ0) is 68.7. The van der Waals surface area contributed by atoms with E-state index in [0.717, 1.165) is 127 Å². The number of aliphatic hydroxyl groups is 1. The van der Waals surface area contributed by atoms with Gasteiger partial charge in [-0.05, 0) is 69.1 Å². The first-order valence-corrected chi connectivity index (χ1v) is 40.7. The zero-order valence-electron chi connectivity index (χ0n) is 60.2. The fraction of sp³-hybridized carbons (Fsp3) is 0.892. The Morgan fingerprint density at radius 1 is 0.355 bits per heavy atom. The monoisotopic (exact) mass is 1360 g/mol. The van der Waals surface area contributed by atoms with Gasteiger partial charge in [0.1, 0.15) is 19.3 Å². The molecular weight excluding hydrogens is 1220 g/mol. The van der Waals surface area contributed by atoms with Gasteiger partial charge in [-0.15, -0.1) is 0 Å². The number of hydrogen-bond donors (Lipinski definition) is 3. The molecule has 0 aliphatic rings. The molecule has 0 aromatic heterocycles. The second-order valence-corrected chi connectivity index (χ2v) is 30.1. The molecule has 0 fully saturated rings. The van der Waals surface area contributed by atoms with E-state index in [-0.39, 0.29) is 25.7 Å². The molecule has 0 amide bonds. The van der Waals surface area contributed by atoms with Crippen LogP contribution in [0.1, 0.15) is 350 Å². The van der Waals surface area contributed by atoms with Crippen molar-refractivity contribution in [2.24, 2.45) is 17.8 Å². The van der Waals surface area contributed by atoms with Crippen molar-refractivity contribution in [1.29, 1.82) is 0 Å². The van der Waals surface area contributed by atoms with Crippen LogP contribution in [-0.2, 0) is 65.4 Å². The quantitative estimate of drug-likeness (QED) is 0.0169. The largest absolute Gasteiger partial charge is 0.472 e. The molecular formula is C74H140O17P2. The molecule has 93 heavy (non-hydrogen) atoms. The molecule has 0 aromatic rings. The van der Waals surface area contributed by atoms with Crippen molar-refractivity contribution in [2.45, 2.75) is 369 Å². The lowest BCUT2D eigenvalue weighted by molar-refractivity contribution is -0.161. The van der Waals surface area contributed by atoms with E-state index in [1.807, 2.05) is 0 Å². The van der Waals surface area contributed by atoms with E-state index in [1.54, 1.807) is 0 Å². The Morgan fingerprint density at radius 2 is 0.634 bits per heavy atom. The average molecular weight is 1360 g/mol. The average Bonchev–Trinajstić information content (AvgIpc) is 3.42. The number of rotatable bonds is 70. The number of unbranched alkanes of at least 4 members (excludes halogenated alkanes) is 34. The Labute approximate surface area is 567 Å². The minimum Gasteiger partial charge on any atom is -0.462 e. The zero-order valence-corrected chi connectivity index (χ0v) is 62.0. The van der Waals surface area contributed by atoms with Gasteiger partial charge in [0.2, 0.25) is 0 Å². The Kier molecular flexibility index (Phi) is 62.5. The summed E-state index contributed by atoms with van der Waals surface area (Å²) in [5.41, 5.74) is 0. The number of ether oxygens (including phenoxy) is 4. The number of esters is 4. The summed E-state index contributed by atoms with van der Waals surface area (Å²) < 4.78 is 68.3. The Hall–Kier alpha value is -2.46. The van der Waals surface area contributed by atoms with E-state index in [9.17, 15) is 43.2 Å². The number of carbonyl (C=O) groups excluding carboxylic acids is 4. The summed E-state index contributed by atoms with van der Waals surface area (Å²) in [6.07, 6.45) is 52.5. The number of phosphoric ester groups is 2. The summed E-state index contributed by atoms with van der Waals surface area (Å²) in [4.78, 5) is 72.6. The van der Waals surface area contributed by atoms with Crippen molar-refractivity contribution in [3.8, 4) is 0 Å². The van der Waals surface area contributed by atoms with Crippen LogP contribution < -0.4 is 0 Å². The predicted molar refractivity (Wildman–Crippen MR) is 377 cm³/mol. The van der Waals surface area contributed by atoms with E-state index in [4.69, 9.17) is 37.0 Å². The Balaban J connectivity index is 5.25. The highest BCUT2D eigenvalue weighted by molar-refractivity contribution is 7.47. The Morgan fingerprint density at radius 3 is 0.957 bits per heavy atom. The smallest absolute Gasteiger partial charge is 0.462 e. The fourth-order valence-electron chi connectivity index (χ4n) is 10.7. The van der Waals surface area contributed by atoms with Gasteiger partial charge in [-0.3, -0.25) is 37.3 Å². The fourth-order valence-corrected chi connectivity index (χ4v) is 12.3. The summed E-state index contributed by atoms with van der Waals surface area (Å²) in [7, 11) is -9.92. The topological polar surface area (TPSA) is 237 Å². The van der Waals surface area contributed by atoms with Gasteiger partial charge in [-0.25, -0.2) is 9.13 Å². The minimum atomic E-state index is -4.96. The number of phosphoric acid groups is 2. The van der Waals surface area contributed by atoms with Crippen molar-refractivity contribution < 1.29 is 80.2 Å². The van der Waals surface area contributed by atoms with Crippen molar-refractivity contribution in [3.05, 3.63) is 24.3 Å². The maximum Gasteiger partial charge on any atom is 0.472 e. The molecule has 0 aliphatic heterocycles. The van der Waals surface area contributed by atoms with E-state index in [2.05, 4.69) is 72.8 Å². The van der Waals surface area contributed by atoms with Gasteiger partial charge in [0.15, 0.2) is 12.2 Å². The van der Waals surface area contributed by atoms with Gasteiger partial charge in [0, 0.05) is 25.7 Å². The molecule has 6 atom stereocenters. The van der Waals surface area contributed by atoms with Crippen LogP contribution in [0.3, 0.4) is 0 Å². The van der Waals surface area contributed by atoms with E-state index in [0.29, 0.717) is 31.6 Å². The molecule has 3 unspecified atom stereocenters. The van der Waals surface area contributed by atoms with Crippen LogP contribution in [0.5, 0.6) is 0 Å². The standard InChI is InChI=1S/C74H140O17P2/c1-8-10-11-12-13-14-15-16-19-23-26-29-32-41-48-55-71(76)84-61-69(90-73(78)57-50-43-33-30-27-24-21-18-17-20-22-25-28-31-38-45-52-65(3)4)63-88-92(80,81)86-59-68(75)60-87-93(82,83)89-64-70(91-74(79)58-51-44-36-34-39-46-53-66(5)6)62-85-72(77)56-49-42-37-35-40-47-54-67(7)9-2/h14-16,19,65-70,75H,8-13,17-18,20-64H2,1-7H3,(H,80,81)(H,82,83)/b15-14-,19-16-/t67?,68-,69-,70-/m1/s1. The summed E-state index contributed by atoms with van der Waals surface area (Å²) in [6.45, 7) is 11.7. The van der Waals surface area contributed by atoms with Crippen LogP contribution >= 0.6 is 15.6 Å². The number of hydrogen-bond acceptors (Lipinski definition) is 15. The first kappa shape index (κ1) is 90.5. The lowest BCUT2D eigenvalue weighted by Gasteiger charge is -2.21. The number of carbonyl (C=O) groups is 4. The minimum absolute atomic E-state index is 0.0987. The van der Waals surface area contributed by atoms with Crippen LogP contribution in [-0.4, -0.2) is 96.7 Å². The maximum atomic E-state index is 13.1. The van der Waals surface area contributed by atoms with Crippen LogP contribution in [0.2, 0.25) is 0 Å². The summed E-state index contributed by atoms with van der Waals surface area (Å²) in [5, 5.41) is 10.6. The molecule has 0 aliphatic carbocycles. The van der Waals surface area contributed by atoms with Gasteiger partial charge in [0.05, 0.1) is 26.4 Å². The Bertz CT molecular complexity index is 1910. The third-order valence-corrected chi connectivity index (χ3v) is 18.8. The van der Waals surface area contributed by atoms with Crippen molar-refractivity contribution in [2.75, 3.05) is 39.6 Å². The van der Waals surface area contributed by atoms with E-state index in [1.165, 1.54) is 135 Å². The molecule has 0 saturated heterocycles. The van der Waals surface area contributed by atoms with Gasteiger partial charge in [-0.2, -0.15) is 0 Å². The van der Waals surface area contributed by atoms with Crippen LogP contribution in [0, 0.1) is 17.8 Å². The summed E-state index contributed by atoms with van der Waals surface area (Å²) in [6, 6.07) is 0. The normalized spacial score (nSPS) is 14.6. The van der Waals surface area contributed by atoms with Crippen molar-refractivity contribution in [3.63, 3.8) is 0 Å². The highest BCUT2D eigenvalue weighted by Gasteiger charge is 2.30. The number of aliphatic hydroxyl groups excluding tert-OH is 1. The van der Waals surface area contributed by atoms with Gasteiger partial charge in [0.25, 0.3) is 0 Å². The summed E-state index contributed by atoms with van der Waals surface area (Å²) in [5.74, 6) is 0.0466. The molecule has 0 radical (unpaired) electrons. The molecule has 0 spiro atoms. The second kappa shape index (κ2) is 64.2. The van der Waals surface area contributed by atoms with Crippen LogP contribution in [0.15, 0.2) is 24.3 Å². The molecule has 3 N–H and O–H groups in total. The predicted octanol–water partition coefficient (Wildman–Crippen LogP) is 21.0. The molecule has 0 saturated carbocycles. The van der Waals surface area contributed by atoms with Gasteiger partial charge < -0.3 is 33.8 Å². The van der Waals surface area contributed by atoms with Crippen molar-refractivity contribution >= 4 is 39.5 Å². The summed E-state index contributed by atoms with van der Waals surface area (Å²) >= 11 is 0.